The van der Waals surface area contributed by atoms with Gasteiger partial charge in [0.25, 0.3) is 5.24 Å². The summed E-state index contributed by atoms with van der Waals surface area (Å²) in [5, 5.41) is -1.03. The summed E-state index contributed by atoms with van der Waals surface area (Å²) in [6.07, 6.45) is 0. The predicted molar refractivity (Wildman–Crippen MR) is 54.5 cm³/mol. The molecule has 0 aliphatic heterocycles. The first-order valence-electron chi connectivity index (χ1n) is 3.55. The molecule has 0 saturated heterocycles. The Morgan fingerprint density at radius 2 is 2.00 bits per heavy atom. The van der Waals surface area contributed by atoms with Gasteiger partial charge < -0.3 is 5.73 Å². The Morgan fingerprint density at radius 3 is 2.43 bits per heavy atom. The summed E-state index contributed by atoms with van der Waals surface area (Å²) in [4.78, 5) is 10.8. The normalized spacial score (nSPS) is 10.4. The molecule has 0 saturated carbocycles. The molecule has 1 aromatic rings. The zero-order valence-corrected chi connectivity index (χ0v) is 9.05. The van der Waals surface area contributed by atoms with Gasteiger partial charge in [-0.15, -0.1) is 0 Å². The summed E-state index contributed by atoms with van der Waals surface area (Å²) in [7, 11) is 0. The zero-order chi connectivity index (χ0) is 10.9. The van der Waals surface area contributed by atoms with Crippen LogP contribution in [0.3, 0.4) is 0 Å². The third-order valence-electron chi connectivity index (χ3n) is 1.66. The second-order valence-electron chi connectivity index (χ2n) is 2.49. The number of hydrogen-bond acceptors (Lipinski definition) is 2. The van der Waals surface area contributed by atoms with Crippen LogP contribution in [0.5, 0.6) is 0 Å². The summed E-state index contributed by atoms with van der Waals surface area (Å²) in [5.41, 5.74) is 5.35. The Hall–Kier alpha value is -0.350. The van der Waals surface area contributed by atoms with Gasteiger partial charge in [-0.3, -0.25) is 4.79 Å². The number of carbonyl (C=O) groups is 1. The minimum absolute atomic E-state index is 0.00102. The Balaban J connectivity index is 3.50. The van der Waals surface area contributed by atoms with Gasteiger partial charge in [0, 0.05) is 12.1 Å². The van der Waals surface area contributed by atoms with Gasteiger partial charge in [-0.05, 0) is 17.7 Å². The maximum atomic E-state index is 13.1. The fourth-order valence-electron chi connectivity index (χ4n) is 0.979. The minimum Gasteiger partial charge on any atom is -0.326 e. The van der Waals surface area contributed by atoms with Gasteiger partial charge in [-0.25, -0.2) is 4.39 Å². The van der Waals surface area contributed by atoms with Crippen molar-refractivity contribution in [2.45, 2.75) is 6.54 Å². The van der Waals surface area contributed by atoms with Crippen LogP contribution in [0.2, 0.25) is 10.0 Å². The average molecular weight is 256 g/mol. The third-order valence-corrected chi connectivity index (χ3v) is 2.71. The number of hydrogen-bond donors (Lipinski definition) is 1. The van der Waals surface area contributed by atoms with Crippen LogP contribution in [0.25, 0.3) is 0 Å². The molecular weight excluding hydrogens is 251 g/mol. The van der Waals surface area contributed by atoms with Crippen LogP contribution < -0.4 is 5.73 Å². The summed E-state index contributed by atoms with van der Waals surface area (Å²) in [5.74, 6) is -0.763. The second-order valence-corrected chi connectivity index (χ2v) is 3.59. The molecular formula is C8H5Cl3FNO. The Kier molecular flexibility index (Phi) is 3.72. The lowest BCUT2D eigenvalue weighted by molar-refractivity contribution is 0.108. The quantitative estimate of drug-likeness (QED) is 0.653. The molecule has 0 heterocycles. The predicted octanol–water partition coefficient (Wildman–Crippen LogP) is 2.97. The summed E-state index contributed by atoms with van der Waals surface area (Å²) >= 11 is 16.5. The van der Waals surface area contributed by atoms with Crippen molar-refractivity contribution < 1.29 is 9.18 Å². The topological polar surface area (TPSA) is 43.1 Å². The molecule has 1 aromatic carbocycles. The molecule has 14 heavy (non-hydrogen) atoms. The summed E-state index contributed by atoms with van der Waals surface area (Å²) in [6.45, 7) is -0.0629. The maximum Gasteiger partial charge on any atom is 0.254 e. The SMILES string of the molecule is NCc1c(Cl)c(F)cc(C(=O)Cl)c1Cl. The van der Waals surface area contributed by atoms with Gasteiger partial charge in [0.2, 0.25) is 0 Å². The first kappa shape index (κ1) is 11.7. The highest BCUT2D eigenvalue weighted by Gasteiger charge is 2.17. The molecule has 0 radical (unpaired) electrons. The molecule has 0 amide bonds. The van der Waals surface area contributed by atoms with Crippen LogP contribution in [0, 0.1) is 5.82 Å². The smallest absolute Gasteiger partial charge is 0.254 e. The molecule has 0 bridgehead atoms. The molecule has 0 atom stereocenters. The number of halogens is 4. The van der Waals surface area contributed by atoms with Gasteiger partial charge in [0.1, 0.15) is 5.82 Å². The van der Waals surface area contributed by atoms with E-state index in [2.05, 4.69) is 0 Å². The first-order chi connectivity index (χ1) is 6.49. The third kappa shape index (κ3) is 2.01. The number of benzene rings is 1. The highest BCUT2D eigenvalue weighted by Crippen LogP contribution is 2.31. The van der Waals surface area contributed by atoms with E-state index in [0.717, 1.165) is 6.07 Å². The van der Waals surface area contributed by atoms with E-state index in [9.17, 15) is 9.18 Å². The Labute approximate surface area is 94.7 Å². The van der Waals surface area contributed by atoms with Crippen molar-refractivity contribution in [3.63, 3.8) is 0 Å². The van der Waals surface area contributed by atoms with E-state index in [-0.39, 0.29) is 27.7 Å². The molecule has 1 rings (SSSR count). The van der Waals surface area contributed by atoms with E-state index in [0.29, 0.717) is 0 Å². The molecule has 0 aromatic heterocycles. The van der Waals surface area contributed by atoms with Crippen LogP contribution in [-0.4, -0.2) is 5.24 Å². The lowest BCUT2D eigenvalue weighted by Gasteiger charge is -2.08. The van der Waals surface area contributed by atoms with E-state index in [1.807, 2.05) is 0 Å². The number of nitrogens with two attached hydrogens (primary N) is 1. The van der Waals surface area contributed by atoms with Crippen LogP contribution in [0.4, 0.5) is 4.39 Å². The molecule has 0 fully saturated rings. The highest BCUT2D eigenvalue weighted by molar-refractivity contribution is 6.68. The monoisotopic (exact) mass is 255 g/mol. The Bertz CT molecular complexity index is 395. The first-order valence-corrected chi connectivity index (χ1v) is 4.68. The molecule has 0 aliphatic rings. The van der Waals surface area contributed by atoms with Crippen LogP contribution in [0.1, 0.15) is 15.9 Å². The van der Waals surface area contributed by atoms with Gasteiger partial charge in [-0.2, -0.15) is 0 Å². The summed E-state index contributed by atoms with van der Waals surface area (Å²) in [6, 6.07) is 0.888. The highest BCUT2D eigenvalue weighted by atomic mass is 35.5. The zero-order valence-electron chi connectivity index (χ0n) is 6.78. The van der Waals surface area contributed by atoms with Crippen LogP contribution in [0.15, 0.2) is 6.07 Å². The Morgan fingerprint density at radius 1 is 1.43 bits per heavy atom. The fraction of sp³-hybridized carbons (Fsp3) is 0.125. The van der Waals surface area contributed by atoms with Crippen molar-refractivity contribution in [3.05, 3.63) is 33.1 Å². The average Bonchev–Trinajstić information content (AvgIpc) is 2.12. The number of rotatable bonds is 2. The van der Waals surface area contributed by atoms with E-state index in [4.69, 9.17) is 40.5 Å². The minimum atomic E-state index is -0.847. The van der Waals surface area contributed by atoms with Crippen LogP contribution >= 0.6 is 34.8 Å². The van der Waals surface area contributed by atoms with E-state index in [1.54, 1.807) is 0 Å². The van der Waals surface area contributed by atoms with E-state index >= 15 is 0 Å². The van der Waals surface area contributed by atoms with Crippen molar-refractivity contribution in [1.82, 2.24) is 0 Å². The number of carbonyl (C=O) groups excluding carboxylic acids is 1. The fourth-order valence-corrected chi connectivity index (χ4v) is 1.76. The largest absolute Gasteiger partial charge is 0.326 e. The lowest BCUT2D eigenvalue weighted by Crippen LogP contribution is -2.04. The van der Waals surface area contributed by atoms with E-state index < -0.39 is 11.1 Å². The van der Waals surface area contributed by atoms with Crippen molar-refractivity contribution in [1.29, 1.82) is 0 Å². The van der Waals surface area contributed by atoms with E-state index in [1.165, 1.54) is 0 Å². The lowest BCUT2D eigenvalue weighted by atomic mass is 10.1. The molecule has 0 unspecified atom stereocenters. The van der Waals surface area contributed by atoms with Crippen molar-refractivity contribution >= 4 is 40.0 Å². The molecule has 2 nitrogen and oxygen atoms in total. The molecule has 2 N–H and O–H groups in total. The molecule has 6 heteroatoms. The van der Waals surface area contributed by atoms with Crippen LogP contribution in [-0.2, 0) is 6.54 Å². The molecule has 76 valence electrons. The second kappa shape index (κ2) is 4.45. The standard InChI is InChI=1S/C8H5Cl3FNO/c9-6-3(8(11)14)1-5(12)7(10)4(6)2-13/h1H,2,13H2. The van der Waals surface area contributed by atoms with Crippen molar-refractivity contribution in [2.75, 3.05) is 0 Å². The van der Waals surface area contributed by atoms with Gasteiger partial charge >= 0.3 is 0 Å². The molecule has 0 aliphatic carbocycles. The van der Waals surface area contributed by atoms with Crippen molar-refractivity contribution in [3.8, 4) is 0 Å². The maximum absolute atomic E-state index is 13.1. The van der Waals surface area contributed by atoms with Crippen molar-refractivity contribution in [2.24, 2.45) is 5.73 Å². The van der Waals surface area contributed by atoms with Gasteiger partial charge in [0.15, 0.2) is 0 Å². The van der Waals surface area contributed by atoms with Gasteiger partial charge in [-0.1, -0.05) is 23.2 Å². The molecule has 0 spiro atoms. The van der Waals surface area contributed by atoms with Gasteiger partial charge in [0.05, 0.1) is 15.6 Å². The summed E-state index contributed by atoms with van der Waals surface area (Å²) < 4.78 is 13.1.